The molecule has 0 bridgehead atoms. The Labute approximate surface area is 125 Å². The molecule has 0 fully saturated rings. The molecule has 6 heteroatoms. The Bertz CT molecular complexity index is 770. The molecule has 0 amide bonds. The molecule has 0 atom stereocenters. The molecule has 1 heterocycles. The summed E-state index contributed by atoms with van der Waals surface area (Å²) in [5.41, 5.74) is 2.59. The summed E-state index contributed by atoms with van der Waals surface area (Å²) < 4.78 is 32.7. The zero-order valence-electron chi connectivity index (χ0n) is 12.5. The first kappa shape index (κ1) is 15.3. The van der Waals surface area contributed by atoms with Crippen LogP contribution < -0.4 is 9.46 Å². The fourth-order valence-corrected chi connectivity index (χ4v) is 3.16. The third-order valence-electron chi connectivity index (χ3n) is 3.20. The highest BCUT2D eigenvalue weighted by Gasteiger charge is 2.21. The molecule has 0 aliphatic carbocycles. The molecular formula is C15H18N2O3S. The Hall–Kier alpha value is -2.08. The first-order chi connectivity index (χ1) is 9.83. The van der Waals surface area contributed by atoms with Gasteiger partial charge in [-0.3, -0.25) is 4.72 Å². The molecule has 1 N–H and O–H groups in total. The molecule has 0 unspecified atom stereocenters. The number of hydrogen-bond acceptors (Lipinski definition) is 4. The van der Waals surface area contributed by atoms with Crippen LogP contribution in [-0.4, -0.2) is 20.5 Å². The SMILES string of the molecule is COc1cc(C)c(C)cc1S(=O)(=O)Nc1cccc(C)n1. The Morgan fingerprint density at radius 1 is 1.10 bits per heavy atom. The smallest absolute Gasteiger partial charge is 0.266 e. The van der Waals surface area contributed by atoms with E-state index in [1.807, 2.05) is 13.8 Å². The Balaban J connectivity index is 2.47. The third-order valence-corrected chi connectivity index (χ3v) is 4.57. The number of methoxy groups -OCH3 is 1. The number of aryl methyl sites for hydroxylation is 3. The van der Waals surface area contributed by atoms with Crippen LogP contribution in [0.25, 0.3) is 0 Å². The van der Waals surface area contributed by atoms with Gasteiger partial charge in [0.25, 0.3) is 10.0 Å². The molecule has 0 spiro atoms. The van der Waals surface area contributed by atoms with Crippen molar-refractivity contribution in [1.82, 2.24) is 4.98 Å². The molecule has 2 rings (SSSR count). The summed E-state index contributed by atoms with van der Waals surface area (Å²) in [5, 5.41) is 0. The molecule has 21 heavy (non-hydrogen) atoms. The fraction of sp³-hybridized carbons (Fsp3) is 0.267. The van der Waals surface area contributed by atoms with Gasteiger partial charge in [-0.2, -0.15) is 0 Å². The van der Waals surface area contributed by atoms with Crippen LogP contribution >= 0.6 is 0 Å². The van der Waals surface area contributed by atoms with Crippen molar-refractivity contribution in [3.63, 3.8) is 0 Å². The van der Waals surface area contributed by atoms with Crippen molar-refractivity contribution in [2.24, 2.45) is 0 Å². The number of sulfonamides is 1. The Morgan fingerprint density at radius 3 is 2.38 bits per heavy atom. The largest absolute Gasteiger partial charge is 0.495 e. The highest BCUT2D eigenvalue weighted by molar-refractivity contribution is 7.92. The molecule has 5 nitrogen and oxygen atoms in total. The van der Waals surface area contributed by atoms with E-state index in [4.69, 9.17) is 4.74 Å². The number of ether oxygens (including phenoxy) is 1. The van der Waals surface area contributed by atoms with Crippen molar-refractivity contribution in [1.29, 1.82) is 0 Å². The summed E-state index contributed by atoms with van der Waals surface area (Å²) in [7, 11) is -2.30. The maximum Gasteiger partial charge on any atom is 0.266 e. The van der Waals surface area contributed by atoms with Gasteiger partial charge in [0.05, 0.1) is 7.11 Å². The summed E-state index contributed by atoms with van der Waals surface area (Å²) in [6.07, 6.45) is 0. The van der Waals surface area contributed by atoms with Crippen molar-refractivity contribution >= 4 is 15.8 Å². The van der Waals surface area contributed by atoms with Crippen molar-refractivity contribution in [2.45, 2.75) is 25.7 Å². The van der Waals surface area contributed by atoms with E-state index in [2.05, 4.69) is 9.71 Å². The number of anilines is 1. The van der Waals surface area contributed by atoms with Crippen molar-refractivity contribution in [3.05, 3.63) is 47.2 Å². The molecular weight excluding hydrogens is 288 g/mol. The first-order valence-electron chi connectivity index (χ1n) is 6.45. The van der Waals surface area contributed by atoms with Crippen LogP contribution in [0.4, 0.5) is 5.82 Å². The average Bonchev–Trinajstić information content (AvgIpc) is 2.40. The van der Waals surface area contributed by atoms with Crippen LogP contribution in [0, 0.1) is 20.8 Å². The third kappa shape index (κ3) is 3.33. The second kappa shape index (κ2) is 5.73. The molecule has 0 aliphatic heterocycles. The number of pyridine rings is 1. The molecule has 0 saturated heterocycles. The summed E-state index contributed by atoms with van der Waals surface area (Å²) in [6, 6.07) is 8.48. The molecule has 0 aliphatic rings. The van der Waals surface area contributed by atoms with Gasteiger partial charge in [-0.15, -0.1) is 0 Å². The maximum atomic E-state index is 12.5. The van der Waals surface area contributed by atoms with Gasteiger partial charge in [-0.25, -0.2) is 13.4 Å². The fourth-order valence-electron chi connectivity index (χ4n) is 1.93. The van der Waals surface area contributed by atoms with Gasteiger partial charge in [0, 0.05) is 5.69 Å². The lowest BCUT2D eigenvalue weighted by Crippen LogP contribution is -2.15. The minimum absolute atomic E-state index is 0.108. The Kier molecular flexibility index (Phi) is 4.18. The maximum absolute atomic E-state index is 12.5. The normalized spacial score (nSPS) is 11.2. The van der Waals surface area contributed by atoms with Crippen LogP contribution in [0.5, 0.6) is 5.75 Å². The van der Waals surface area contributed by atoms with Gasteiger partial charge in [0.2, 0.25) is 0 Å². The lowest BCUT2D eigenvalue weighted by molar-refractivity contribution is 0.402. The van der Waals surface area contributed by atoms with Gasteiger partial charge in [0.1, 0.15) is 16.5 Å². The van der Waals surface area contributed by atoms with E-state index >= 15 is 0 Å². The minimum Gasteiger partial charge on any atom is -0.495 e. The summed E-state index contributed by atoms with van der Waals surface area (Å²) >= 11 is 0. The summed E-state index contributed by atoms with van der Waals surface area (Å²) in [6.45, 7) is 5.57. The number of nitrogens with zero attached hydrogens (tertiary/aromatic N) is 1. The molecule has 1 aromatic heterocycles. The van der Waals surface area contributed by atoms with Crippen molar-refractivity contribution in [3.8, 4) is 5.75 Å². The quantitative estimate of drug-likeness (QED) is 0.943. The molecule has 0 saturated carbocycles. The van der Waals surface area contributed by atoms with Crippen LogP contribution in [0.2, 0.25) is 0 Å². The standard InChI is InChI=1S/C15H18N2O3S/c1-10-8-13(20-4)14(9-11(10)2)21(18,19)17-15-7-5-6-12(3)16-15/h5-9H,1-4H3,(H,16,17). The predicted molar refractivity (Wildman–Crippen MR) is 82.3 cm³/mol. The molecule has 1 aromatic carbocycles. The lowest BCUT2D eigenvalue weighted by atomic mass is 10.1. The lowest BCUT2D eigenvalue weighted by Gasteiger charge is -2.13. The van der Waals surface area contributed by atoms with Gasteiger partial charge >= 0.3 is 0 Å². The van der Waals surface area contributed by atoms with E-state index in [0.29, 0.717) is 5.75 Å². The molecule has 112 valence electrons. The van der Waals surface area contributed by atoms with E-state index < -0.39 is 10.0 Å². The number of rotatable bonds is 4. The second-order valence-corrected chi connectivity index (χ2v) is 6.51. The zero-order valence-corrected chi connectivity index (χ0v) is 13.3. The Morgan fingerprint density at radius 2 is 1.76 bits per heavy atom. The van der Waals surface area contributed by atoms with Crippen LogP contribution in [0.1, 0.15) is 16.8 Å². The van der Waals surface area contributed by atoms with Gasteiger partial charge in [0.15, 0.2) is 0 Å². The monoisotopic (exact) mass is 306 g/mol. The predicted octanol–water partition coefficient (Wildman–Crippen LogP) is 2.82. The van der Waals surface area contributed by atoms with E-state index in [0.717, 1.165) is 16.8 Å². The van der Waals surface area contributed by atoms with E-state index in [9.17, 15) is 8.42 Å². The summed E-state index contributed by atoms with van der Waals surface area (Å²) in [5.74, 6) is 0.605. The summed E-state index contributed by atoms with van der Waals surface area (Å²) in [4.78, 5) is 4.26. The number of aromatic nitrogens is 1. The van der Waals surface area contributed by atoms with Crippen molar-refractivity contribution < 1.29 is 13.2 Å². The van der Waals surface area contributed by atoms with Crippen LogP contribution in [-0.2, 0) is 10.0 Å². The molecule has 0 radical (unpaired) electrons. The number of benzene rings is 1. The minimum atomic E-state index is -3.75. The highest BCUT2D eigenvalue weighted by atomic mass is 32.2. The van der Waals surface area contributed by atoms with Crippen LogP contribution in [0.15, 0.2) is 35.2 Å². The highest BCUT2D eigenvalue weighted by Crippen LogP contribution is 2.28. The van der Waals surface area contributed by atoms with Crippen molar-refractivity contribution in [2.75, 3.05) is 11.8 Å². The second-order valence-electron chi connectivity index (χ2n) is 4.86. The molecule has 2 aromatic rings. The first-order valence-corrected chi connectivity index (χ1v) is 7.93. The number of hydrogen-bond donors (Lipinski definition) is 1. The van der Waals surface area contributed by atoms with E-state index in [-0.39, 0.29) is 10.7 Å². The van der Waals surface area contributed by atoms with Gasteiger partial charge in [-0.05, 0) is 56.2 Å². The van der Waals surface area contributed by atoms with E-state index in [1.54, 1.807) is 37.3 Å². The van der Waals surface area contributed by atoms with Crippen LogP contribution in [0.3, 0.4) is 0 Å². The van der Waals surface area contributed by atoms with Gasteiger partial charge < -0.3 is 4.74 Å². The average molecular weight is 306 g/mol. The van der Waals surface area contributed by atoms with Gasteiger partial charge in [-0.1, -0.05) is 6.07 Å². The number of nitrogens with one attached hydrogen (secondary N) is 1. The zero-order chi connectivity index (χ0) is 15.6. The van der Waals surface area contributed by atoms with E-state index in [1.165, 1.54) is 7.11 Å². The topological polar surface area (TPSA) is 68.3 Å².